The molecule has 5 heteroatoms. The number of nitrogens with two attached hydrogens (primary N) is 1. The van der Waals surface area contributed by atoms with Crippen molar-refractivity contribution in [2.45, 2.75) is 12.5 Å². The number of nitrogens with one attached hydrogen (secondary N) is 2. The zero-order chi connectivity index (χ0) is 14.1. The zero-order valence-corrected chi connectivity index (χ0v) is 10.7. The average Bonchev–Trinajstić information content (AvgIpc) is 2.77. The quantitative estimate of drug-likeness (QED) is 0.683. The van der Waals surface area contributed by atoms with Gasteiger partial charge in [-0.1, -0.05) is 18.2 Å². The molecule has 102 valence electrons. The number of hydrogen-bond donors (Lipinski definition) is 3. The Hall–Kier alpha value is -2.40. The number of imidazole rings is 1. The van der Waals surface area contributed by atoms with Crippen LogP contribution in [0.3, 0.4) is 0 Å². The Labute approximate surface area is 114 Å². The Kier molecular flexibility index (Phi) is 3.12. The standard InChI is InChI=1S/C15H14FN3O/c16-11-3-1-2-9(6-11)7-12(17)10-4-5-13-14(8-10)19-15(20)18-13/h1-6,8,12H,7,17H2,(H2,18,19,20). The molecular weight excluding hydrogens is 257 g/mol. The lowest BCUT2D eigenvalue weighted by Crippen LogP contribution is -2.13. The summed E-state index contributed by atoms with van der Waals surface area (Å²) in [6.45, 7) is 0. The van der Waals surface area contributed by atoms with Crippen LogP contribution in [0, 0.1) is 5.82 Å². The molecule has 1 aromatic heterocycles. The fourth-order valence-electron chi connectivity index (χ4n) is 2.32. The van der Waals surface area contributed by atoms with Crippen molar-refractivity contribution in [3.63, 3.8) is 0 Å². The number of halogens is 1. The highest BCUT2D eigenvalue weighted by molar-refractivity contribution is 5.75. The summed E-state index contributed by atoms with van der Waals surface area (Å²) in [7, 11) is 0. The number of rotatable bonds is 3. The van der Waals surface area contributed by atoms with E-state index in [0.29, 0.717) is 6.42 Å². The second kappa shape index (κ2) is 4.94. The van der Waals surface area contributed by atoms with Crippen molar-refractivity contribution in [3.8, 4) is 0 Å². The zero-order valence-electron chi connectivity index (χ0n) is 10.7. The lowest BCUT2D eigenvalue weighted by Gasteiger charge is -2.12. The van der Waals surface area contributed by atoms with Crippen molar-refractivity contribution in [2.24, 2.45) is 5.73 Å². The van der Waals surface area contributed by atoms with Crippen LogP contribution in [0.2, 0.25) is 0 Å². The summed E-state index contributed by atoms with van der Waals surface area (Å²) < 4.78 is 13.1. The van der Waals surface area contributed by atoms with Crippen LogP contribution in [0.1, 0.15) is 17.2 Å². The van der Waals surface area contributed by atoms with E-state index in [0.717, 1.165) is 22.2 Å². The highest BCUT2D eigenvalue weighted by Gasteiger charge is 2.09. The van der Waals surface area contributed by atoms with E-state index < -0.39 is 0 Å². The first kappa shape index (κ1) is 12.6. The van der Waals surface area contributed by atoms with Crippen LogP contribution in [-0.2, 0) is 6.42 Å². The highest BCUT2D eigenvalue weighted by Crippen LogP contribution is 2.19. The molecule has 1 unspecified atom stereocenters. The van der Waals surface area contributed by atoms with Crippen molar-refractivity contribution >= 4 is 11.0 Å². The molecule has 0 saturated carbocycles. The highest BCUT2D eigenvalue weighted by atomic mass is 19.1. The van der Waals surface area contributed by atoms with E-state index >= 15 is 0 Å². The summed E-state index contributed by atoms with van der Waals surface area (Å²) in [5.41, 5.74) is 9.13. The van der Waals surface area contributed by atoms with E-state index in [2.05, 4.69) is 9.97 Å². The largest absolute Gasteiger partial charge is 0.324 e. The number of H-pyrrole nitrogens is 2. The summed E-state index contributed by atoms with van der Waals surface area (Å²) in [5, 5.41) is 0. The molecule has 0 saturated heterocycles. The summed E-state index contributed by atoms with van der Waals surface area (Å²) in [5.74, 6) is -0.264. The monoisotopic (exact) mass is 271 g/mol. The predicted molar refractivity (Wildman–Crippen MR) is 76.0 cm³/mol. The lowest BCUT2D eigenvalue weighted by atomic mass is 9.99. The van der Waals surface area contributed by atoms with E-state index in [9.17, 15) is 9.18 Å². The Bertz CT molecular complexity index is 806. The molecule has 0 aliphatic rings. The van der Waals surface area contributed by atoms with Gasteiger partial charge in [-0.3, -0.25) is 0 Å². The molecule has 20 heavy (non-hydrogen) atoms. The van der Waals surface area contributed by atoms with Gasteiger partial charge in [-0.2, -0.15) is 0 Å². The molecule has 3 aromatic rings. The number of hydrogen-bond acceptors (Lipinski definition) is 2. The molecule has 1 heterocycles. The summed E-state index contributed by atoms with van der Waals surface area (Å²) >= 11 is 0. The molecule has 0 bridgehead atoms. The topological polar surface area (TPSA) is 74.7 Å². The van der Waals surface area contributed by atoms with Gasteiger partial charge in [-0.25, -0.2) is 9.18 Å². The third kappa shape index (κ3) is 2.48. The summed E-state index contributed by atoms with van der Waals surface area (Å²) in [6, 6.07) is 11.7. The van der Waals surface area contributed by atoms with E-state index in [4.69, 9.17) is 5.73 Å². The maximum atomic E-state index is 13.1. The predicted octanol–water partition coefficient (Wildman–Crippen LogP) is 2.24. The first-order valence-electron chi connectivity index (χ1n) is 6.34. The molecule has 0 radical (unpaired) electrons. The first-order valence-corrected chi connectivity index (χ1v) is 6.34. The van der Waals surface area contributed by atoms with Gasteiger partial charge in [0.25, 0.3) is 0 Å². The SMILES string of the molecule is NC(Cc1cccc(F)c1)c1ccc2[nH]c(=O)[nH]c2c1. The number of aromatic amines is 2. The maximum absolute atomic E-state index is 13.1. The molecule has 0 fully saturated rings. The Morgan fingerprint density at radius 1 is 1.10 bits per heavy atom. The van der Waals surface area contributed by atoms with Crippen LogP contribution >= 0.6 is 0 Å². The smallest absolute Gasteiger partial charge is 0.323 e. The van der Waals surface area contributed by atoms with E-state index in [1.165, 1.54) is 12.1 Å². The van der Waals surface area contributed by atoms with Gasteiger partial charge in [-0.05, 0) is 41.8 Å². The second-order valence-electron chi connectivity index (χ2n) is 4.82. The minimum atomic E-state index is -0.264. The number of benzene rings is 2. The molecular formula is C15H14FN3O. The van der Waals surface area contributed by atoms with Crippen molar-refractivity contribution < 1.29 is 4.39 Å². The van der Waals surface area contributed by atoms with Crippen molar-refractivity contribution in [2.75, 3.05) is 0 Å². The molecule has 1 atom stereocenters. The molecule has 4 nitrogen and oxygen atoms in total. The molecule has 0 aliphatic heterocycles. The molecule has 0 amide bonds. The Morgan fingerprint density at radius 3 is 2.70 bits per heavy atom. The maximum Gasteiger partial charge on any atom is 0.323 e. The lowest BCUT2D eigenvalue weighted by molar-refractivity contribution is 0.622. The van der Waals surface area contributed by atoms with E-state index in [-0.39, 0.29) is 17.5 Å². The van der Waals surface area contributed by atoms with Gasteiger partial charge in [0.15, 0.2) is 0 Å². The van der Waals surface area contributed by atoms with Gasteiger partial charge in [0.05, 0.1) is 11.0 Å². The van der Waals surface area contributed by atoms with Crippen LogP contribution < -0.4 is 11.4 Å². The van der Waals surface area contributed by atoms with Crippen molar-refractivity contribution in [1.29, 1.82) is 0 Å². The fourth-order valence-corrected chi connectivity index (χ4v) is 2.32. The third-order valence-corrected chi connectivity index (χ3v) is 3.31. The van der Waals surface area contributed by atoms with Crippen LogP contribution in [0.5, 0.6) is 0 Å². The van der Waals surface area contributed by atoms with Crippen LogP contribution in [0.25, 0.3) is 11.0 Å². The molecule has 2 aromatic carbocycles. The van der Waals surface area contributed by atoms with Gasteiger partial charge in [0, 0.05) is 6.04 Å². The molecule has 4 N–H and O–H groups in total. The fraction of sp³-hybridized carbons (Fsp3) is 0.133. The molecule has 3 rings (SSSR count). The summed E-state index contributed by atoms with van der Waals surface area (Å²) in [4.78, 5) is 16.6. The van der Waals surface area contributed by atoms with Crippen molar-refractivity contribution in [3.05, 3.63) is 69.9 Å². The van der Waals surface area contributed by atoms with E-state index in [1.807, 2.05) is 24.3 Å². The van der Waals surface area contributed by atoms with Crippen molar-refractivity contribution in [1.82, 2.24) is 9.97 Å². The molecule has 0 spiro atoms. The van der Waals surface area contributed by atoms with E-state index in [1.54, 1.807) is 6.07 Å². The van der Waals surface area contributed by atoms with Gasteiger partial charge in [0.2, 0.25) is 0 Å². The minimum absolute atomic E-state index is 0.240. The Balaban J connectivity index is 1.88. The van der Waals surface area contributed by atoms with Gasteiger partial charge in [-0.15, -0.1) is 0 Å². The van der Waals surface area contributed by atoms with Gasteiger partial charge < -0.3 is 15.7 Å². The average molecular weight is 271 g/mol. The van der Waals surface area contributed by atoms with Gasteiger partial charge >= 0.3 is 5.69 Å². The Morgan fingerprint density at radius 2 is 1.90 bits per heavy atom. The van der Waals surface area contributed by atoms with Crippen LogP contribution in [0.4, 0.5) is 4.39 Å². The normalized spacial score (nSPS) is 12.7. The minimum Gasteiger partial charge on any atom is -0.324 e. The third-order valence-electron chi connectivity index (χ3n) is 3.31. The second-order valence-corrected chi connectivity index (χ2v) is 4.82. The van der Waals surface area contributed by atoms with Gasteiger partial charge in [0.1, 0.15) is 5.82 Å². The molecule has 0 aliphatic carbocycles. The summed E-state index contributed by atoms with van der Waals surface area (Å²) in [6.07, 6.45) is 0.540. The first-order chi connectivity index (χ1) is 9.61. The van der Waals surface area contributed by atoms with Crippen LogP contribution in [-0.4, -0.2) is 9.97 Å². The van der Waals surface area contributed by atoms with Crippen LogP contribution in [0.15, 0.2) is 47.3 Å². The number of fused-ring (bicyclic) bond motifs is 1. The number of aromatic nitrogens is 2.